The molecular weight excluding hydrogens is 214 g/mol. The highest BCUT2D eigenvalue weighted by atomic mass is 16.5. The van der Waals surface area contributed by atoms with E-state index in [4.69, 9.17) is 4.74 Å². The molecule has 0 atom stereocenters. The minimum atomic E-state index is -0.0295. The molecule has 100 valence electrons. The topological polar surface area (TPSA) is 38.3 Å². The number of methoxy groups -OCH3 is 1. The summed E-state index contributed by atoms with van der Waals surface area (Å²) in [5.74, 6) is 0.110. The van der Waals surface area contributed by atoms with E-state index in [1.165, 1.54) is 13.5 Å². The smallest absolute Gasteiger partial charge is 0.308 e. The third kappa shape index (κ3) is 5.53. The zero-order chi connectivity index (χ0) is 12.9. The fourth-order valence-corrected chi connectivity index (χ4v) is 2.35. The van der Waals surface area contributed by atoms with E-state index < -0.39 is 0 Å². The summed E-state index contributed by atoms with van der Waals surface area (Å²) in [5.41, 5.74) is 0.399. The molecule has 0 aromatic rings. The molecule has 1 fully saturated rings. The molecule has 0 bridgehead atoms. The summed E-state index contributed by atoms with van der Waals surface area (Å²) < 4.78 is 4.79. The molecule has 1 N–H and O–H groups in total. The van der Waals surface area contributed by atoms with Gasteiger partial charge in [0.25, 0.3) is 0 Å². The van der Waals surface area contributed by atoms with Crippen molar-refractivity contribution in [1.29, 1.82) is 0 Å². The van der Waals surface area contributed by atoms with Crippen LogP contribution in [0.2, 0.25) is 0 Å². The minimum absolute atomic E-state index is 0.0295. The molecule has 0 aromatic heterocycles. The van der Waals surface area contributed by atoms with Gasteiger partial charge < -0.3 is 10.1 Å². The van der Waals surface area contributed by atoms with E-state index in [0.29, 0.717) is 11.5 Å². The second kappa shape index (κ2) is 6.39. The molecule has 1 aliphatic carbocycles. The van der Waals surface area contributed by atoms with E-state index in [-0.39, 0.29) is 11.9 Å². The van der Waals surface area contributed by atoms with E-state index >= 15 is 0 Å². The molecule has 0 saturated heterocycles. The van der Waals surface area contributed by atoms with Gasteiger partial charge in [0.05, 0.1) is 13.0 Å². The number of carbonyl (C=O) groups excluding carboxylic acids is 1. The molecule has 3 heteroatoms. The first-order valence-electron chi connectivity index (χ1n) is 6.73. The maximum absolute atomic E-state index is 11.4. The molecule has 0 amide bonds. The fourth-order valence-electron chi connectivity index (χ4n) is 2.35. The molecule has 0 spiro atoms. The number of carbonyl (C=O) groups is 1. The molecule has 0 unspecified atom stereocenters. The second-order valence-corrected chi connectivity index (χ2v) is 6.34. The van der Waals surface area contributed by atoms with Crippen LogP contribution in [0.5, 0.6) is 0 Å². The van der Waals surface area contributed by atoms with Crippen LogP contribution in [-0.4, -0.2) is 25.7 Å². The van der Waals surface area contributed by atoms with Gasteiger partial charge in [0, 0.05) is 6.04 Å². The SMILES string of the molecule is COC(=O)C1CCC(NCCC(C)(C)C)CC1. The Morgan fingerprint density at radius 2 is 1.82 bits per heavy atom. The molecule has 3 nitrogen and oxygen atoms in total. The molecular formula is C14H27NO2. The summed E-state index contributed by atoms with van der Waals surface area (Å²) in [6.45, 7) is 7.88. The maximum Gasteiger partial charge on any atom is 0.308 e. The number of nitrogens with one attached hydrogen (secondary N) is 1. The van der Waals surface area contributed by atoms with Crippen molar-refractivity contribution in [2.24, 2.45) is 11.3 Å². The number of rotatable bonds is 4. The highest BCUT2D eigenvalue weighted by Gasteiger charge is 2.26. The largest absolute Gasteiger partial charge is 0.469 e. The Morgan fingerprint density at radius 1 is 1.24 bits per heavy atom. The molecule has 0 heterocycles. The summed E-state index contributed by atoms with van der Waals surface area (Å²) >= 11 is 0. The summed E-state index contributed by atoms with van der Waals surface area (Å²) in [7, 11) is 1.48. The molecule has 0 aromatic carbocycles. The Balaban J connectivity index is 2.17. The van der Waals surface area contributed by atoms with Crippen LogP contribution in [-0.2, 0) is 9.53 Å². The summed E-state index contributed by atoms with van der Waals surface area (Å²) in [4.78, 5) is 11.4. The van der Waals surface area contributed by atoms with Gasteiger partial charge >= 0.3 is 5.97 Å². The van der Waals surface area contributed by atoms with Crippen LogP contribution in [0.1, 0.15) is 52.9 Å². The van der Waals surface area contributed by atoms with Crippen LogP contribution in [0.4, 0.5) is 0 Å². The Kier molecular flexibility index (Phi) is 5.44. The molecule has 17 heavy (non-hydrogen) atoms. The number of ether oxygens (including phenoxy) is 1. The lowest BCUT2D eigenvalue weighted by Crippen LogP contribution is -2.36. The Bertz CT molecular complexity index is 237. The predicted molar refractivity (Wildman–Crippen MR) is 69.8 cm³/mol. The van der Waals surface area contributed by atoms with Crippen LogP contribution >= 0.6 is 0 Å². The van der Waals surface area contributed by atoms with Gasteiger partial charge in [-0.2, -0.15) is 0 Å². The van der Waals surface area contributed by atoms with Crippen LogP contribution in [0.3, 0.4) is 0 Å². The van der Waals surface area contributed by atoms with Crippen molar-refractivity contribution in [2.75, 3.05) is 13.7 Å². The van der Waals surface area contributed by atoms with Crippen LogP contribution in [0, 0.1) is 11.3 Å². The Morgan fingerprint density at radius 3 is 2.29 bits per heavy atom. The quantitative estimate of drug-likeness (QED) is 0.769. The highest BCUT2D eigenvalue weighted by molar-refractivity contribution is 5.72. The third-order valence-electron chi connectivity index (χ3n) is 3.57. The van der Waals surface area contributed by atoms with Crippen LogP contribution in [0.25, 0.3) is 0 Å². The van der Waals surface area contributed by atoms with Gasteiger partial charge in [-0.1, -0.05) is 20.8 Å². The van der Waals surface area contributed by atoms with E-state index in [9.17, 15) is 4.79 Å². The van der Waals surface area contributed by atoms with Crippen molar-refractivity contribution in [2.45, 2.75) is 58.9 Å². The summed E-state index contributed by atoms with van der Waals surface area (Å²) in [6.07, 6.45) is 5.34. The van der Waals surface area contributed by atoms with Crippen molar-refractivity contribution in [1.82, 2.24) is 5.32 Å². The monoisotopic (exact) mass is 241 g/mol. The van der Waals surface area contributed by atoms with Gasteiger partial charge in [-0.3, -0.25) is 4.79 Å². The lowest BCUT2D eigenvalue weighted by molar-refractivity contribution is -0.146. The summed E-state index contributed by atoms with van der Waals surface area (Å²) in [6, 6.07) is 0.596. The predicted octanol–water partition coefficient (Wildman–Crippen LogP) is 2.74. The van der Waals surface area contributed by atoms with Crippen LogP contribution in [0.15, 0.2) is 0 Å². The maximum atomic E-state index is 11.4. The zero-order valence-electron chi connectivity index (χ0n) is 11.7. The van der Waals surface area contributed by atoms with Gasteiger partial charge in [-0.05, 0) is 44.1 Å². The first-order chi connectivity index (χ1) is 7.92. The average molecular weight is 241 g/mol. The third-order valence-corrected chi connectivity index (χ3v) is 3.57. The fraction of sp³-hybridized carbons (Fsp3) is 0.929. The van der Waals surface area contributed by atoms with Crippen molar-refractivity contribution < 1.29 is 9.53 Å². The van der Waals surface area contributed by atoms with Gasteiger partial charge in [0.1, 0.15) is 0 Å². The highest BCUT2D eigenvalue weighted by Crippen LogP contribution is 2.25. The molecule has 1 saturated carbocycles. The van der Waals surface area contributed by atoms with Gasteiger partial charge in [0.2, 0.25) is 0 Å². The first-order valence-corrected chi connectivity index (χ1v) is 6.73. The van der Waals surface area contributed by atoms with E-state index in [2.05, 4.69) is 26.1 Å². The summed E-state index contributed by atoms with van der Waals surface area (Å²) in [5, 5.41) is 3.60. The minimum Gasteiger partial charge on any atom is -0.469 e. The van der Waals surface area contributed by atoms with E-state index in [0.717, 1.165) is 32.2 Å². The zero-order valence-corrected chi connectivity index (χ0v) is 11.7. The number of esters is 1. The Hall–Kier alpha value is -0.570. The average Bonchev–Trinajstić information content (AvgIpc) is 2.27. The van der Waals surface area contributed by atoms with Crippen LogP contribution < -0.4 is 5.32 Å². The van der Waals surface area contributed by atoms with Crippen molar-refractivity contribution in [3.8, 4) is 0 Å². The number of hydrogen-bond acceptors (Lipinski definition) is 3. The van der Waals surface area contributed by atoms with Gasteiger partial charge in [-0.15, -0.1) is 0 Å². The molecule has 1 rings (SSSR count). The normalized spacial score (nSPS) is 25.6. The molecule has 0 radical (unpaired) electrons. The lowest BCUT2D eigenvalue weighted by atomic mass is 9.85. The lowest BCUT2D eigenvalue weighted by Gasteiger charge is -2.28. The van der Waals surface area contributed by atoms with E-state index in [1.54, 1.807) is 0 Å². The first kappa shape index (κ1) is 14.5. The van der Waals surface area contributed by atoms with Crippen molar-refractivity contribution in [3.05, 3.63) is 0 Å². The van der Waals surface area contributed by atoms with Crippen molar-refractivity contribution in [3.63, 3.8) is 0 Å². The van der Waals surface area contributed by atoms with Crippen molar-refractivity contribution >= 4 is 5.97 Å². The van der Waals surface area contributed by atoms with E-state index in [1.807, 2.05) is 0 Å². The molecule has 0 aliphatic heterocycles. The number of hydrogen-bond donors (Lipinski definition) is 1. The molecule has 1 aliphatic rings. The Labute approximate surface area is 105 Å². The second-order valence-electron chi connectivity index (χ2n) is 6.34. The van der Waals surface area contributed by atoms with Gasteiger partial charge in [-0.25, -0.2) is 0 Å². The van der Waals surface area contributed by atoms with Gasteiger partial charge in [0.15, 0.2) is 0 Å². The standard InChI is InChI=1S/C14H27NO2/c1-14(2,3)9-10-15-12-7-5-11(6-8-12)13(16)17-4/h11-12,15H,5-10H2,1-4H3.